The largest absolute Gasteiger partial charge is 0.489 e. The van der Waals surface area contributed by atoms with E-state index in [1.54, 1.807) is 16.8 Å². The summed E-state index contributed by atoms with van der Waals surface area (Å²) >= 11 is 0. The molecule has 244 valence electrons. The van der Waals surface area contributed by atoms with Gasteiger partial charge in [0.2, 0.25) is 0 Å². The van der Waals surface area contributed by atoms with Crippen LogP contribution in [0.4, 0.5) is 0 Å². The molecule has 1 atom stereocenters. The van der Waals surface area contributed by atoms with Crippen LogP contribution in [-0.2, 0) is 13.0 Å². The van der Waals surface area contributed by atoms with Gasteiger partial charge in [-0.2, -0.15) is 5.10 Å². The first-order valence-electron chi connectivity index (χ1n) is 17.1. The molecule has 0 spiro atoms. The van der Waals surface area contributed by atoms with Crippen molar-refractivity contribution < 1.29 is 14.3 Å². The molecule has 7 rings (SSSR count). The molecule has 1 amide bonds. The van der Waals surface area contributed by atoms with E-state index in [0.717, 1.165) is 46.2 Å². The van der Waals surface area contributed by atoms with E-state index in [2.05, 4.69) is 52.1 Å². The predicted octanol–water partition coefficient (Wildman–Crippen LogP) is 7.41. The summed E-state index contributed by atoms with van der Waals surface area (Å²) in [7, 11) is 0. The Labute approximate surface area is 282 Å². The van der Waals surface area contributed by atoms with Crippen LogP contribution in [0.5, 0.6) is 5.75 Å². The number of nitrogens with zero attached hydrogens (tertiary/aromatic N) is 2. The van der Waals surface area contributed by atoms with Gasteiger partial charge in [0.15, 0.2) is 5.78 Å². The zero-order valence-corrected chi connectivity index (χ0v) is 27.4. The first-order chi connectivity index (χ1) is 23.5. The Morgan fingerprint density at radius 2 is 1.52 bits per heavy atom. The quantitative estimate of drug-likeness (QED) is 0.117. The predicted molar refractivity (Wildman–Crippen MR) is 188 cm³/mol. The highest BCUT2D eigenvalue weighted by atomic mass is 16.5. The van der Waals surface area contributed by atoms with Gasteiger partial charge in [-0.15, -0.1) is 0 Å². The molecule has 7 nitrogen and oxygen atoms in total. The number of carbonyl (C=O) groups excluding carboxylic acids is 2. The number of Topliss-reactive ketones (excluding diaryl/α,β-unsaturated/α-hetero) is 1. The lowest BCUT2D eigenvalue weighted by atomic mass is 9.95. The van der Waals surface area contributed by atoms with Crippen LogP contribution < -0.4 is 15.4 Å². The molecule has 0 radical (unpaired) electrons. The number of rotatable bonds is 15. The second kappa shape index (κ2) is 14.4. The number of carbonyl (C=O) groups is 2. The fraction of sp³-hybridized carbons (Fsp3) is 0.293. The van der Waals surface area contributed by atoms with Crippen LogP contribution in [0.2, 0.25) is 0 Å². The summed E-state index contributed by atoms with van der Waals surface area (Å²) in [6.07, 6.45) is 5.12. The molecule has 48 heavy (non-hydrogen) atoms. The fourth-order valence-corrected chi connectivity index (χ4v) is 6.03. The molecule has 1 aromatic heterocycles. The topological polar surface area (TPSA) is 85.2 Å². The highest BCUT2D eigenvalue weighted by Crippen LogP contribution is 2.31. The molecule has 7 heteroatoms. The molecule has 1 heterocycles. The molecule has 5 aromatic rings. The van der Waals surface area contributed by atoms with E-state index < -0.39 is 0 Å². The molecule has 2 N–H and O–H groups in total. The monoisotopic (exact) mass is 638 g/mol. The van der Waals surface area contributed by atoms with E-state index in [1.807, 2.05) is 67.6 Å². The summed E-state index contributed by atoms with van der Waals surface area (Å²) in [6.45, 7) is 4.07. The summed E-state index contributed by atoms with van der Waals surface area (Å²) in [4.78, 5) is 26.6. The molecule has 0 bridgehead atoms. The van der Waals surface area contributed by atoms with Gasteiger partial charge in [-0.1, -0.05) is 72.8 Å². The summed E-state index contributed by atoms with van der Waals surface area (Å²) in [5.74, 6) is 2.02. The minimum Gasteiger partial charge on any atom is -0.489 e. The zero-order valence-electron chi connectivity index (χ0n) is 27.4. The van der Waals surface area contributed by atoms with Crippen LogP contribution in [0.25, 0.3) is 5.69 Å². The number of ketones is 1. The second-order valence-electron chi connectivity index (χ2n) is 13.3. The lowest BCUT2D eigenvalue weighted by molar-refractivity contribution is 0.0950. The maximum atomic E-state index is 13.8. The van der Waals surface area contributed by atoms with Crippen LogP contribution in [0.15, 0.2) is 109 Å². The summed E-state index contributed by atoms with van der Waals surface area (Å²) in [5, 5.41) is 11.5. The standard InChI is InChI=1S/C41H42N4O3/c1-28-21-38(45(44-28)36-12-6-11-35(24-36)41(47)43-26-30-15-16-30)39(46)23-32-9-5-10-34(22-32)40(42-25-29-13-14-29)33-17-19-37(20-18-33)48-27-31-7-3-2-4-8-31/h2-12,17-22,24,29-30,40,42H,13-16,23,25-27H2,1H3,(H,43,47). The Bertz CT molecular complexity index is 1870. The van der Waals surface area contributed by atoms with Crippen molar-refractivity contribution in [3.63, 3.8) is 0 Å². The average Bonchev–Trinajstić information content (AvgIpc) is 4.06. The van der Waals surface area contributed by atoms with E-state index in [9.17, 15) is 9.59 Å². The van der Waals surface area contributed by atoms with Crippen molar-refractivity contribution in [2.24, 2.45) is 11.8 Å². The van der Waals surface area contributed by atoms with Crippen LogP contribution in [-0.4, -0.2) is 34.6 Å². The molecule has 1 unspecified atom stereocenters. The van der Waals surface area contributed by atoms with Crippen LogP contribution in [0, 0.1) is 18.8 Å². The Morgan fingerprint density at radius 3 is 2.29 bits per heavy atom. The van der Waals surface area contributed by atoms with Crippen molar-refractivity contribution in [2.45, 2.75) is 51.7 Å². The van der Waals surface area contributed by atoms with Crippen molar-refractivity contribution in [1.29, 1.82) is 0 Å². The van der Waals surface area contributed by atoms with E-state index in [4.69, 9.17) is 4.74 Å². The Morgan fingerprint density at radius 1 is 0.792 bits per heavy atom. The number of benzene rings is 4. The maximum absolute atomic E-state index is 13.8. The third-order valence-electron chi connectivity index (χ3n) is 9.14. The normalized spacial score (nSPS) is 14.8. The van der Waals surface area contributed by atoms with Crippen molar-refractivity contribution in [2.75, 3.05) is 13.1 Å². The third-order valence-corrected chi connectivity index (χ3v) is 9.14. The lowest BCUT2D eigenvalue weighted by Crippen LogP contribution is -2.25. The van der Waals surface area contributed by atoms with E-state index >= 15 is 0 Å². The molecule has 2 aliphatic carbocycles. The van der Waals surface area contributed by atoms with Crippen molar-refractivity contribution >= 4 is 11.7 Å². The lowest BCUT2D eigenvalue weighted by Gasteiger charge is -2.21. The molecular formula is C41H42N4O3. The second-order valence-corrected chi connectivity index (χ2v) is 13.3. The molecule has 2 aliphatic rings. The van der Waals surface area contributed by atoms with Gasteiger partial charge in [-0.25, -0.2) is 4.68 Å². The minimum absolute atomic E-state index is 0.00889. The van der Waals surface area contributed by atoms with Gasteiger partial charge >= 0.3 is 0 Å². The molecule has 0 saturated heterocycles. The highest BCUT2D eigenvalue weighted by Gasteiger charge is 2.25. The smallest absolute Gasteiger partial charge is 0.251 e. The molecule has 4 aromatic carbocycles. The highest BCUT2D eigenvalue weighted by molar-refractivity contribution is 5.97. The van der Waals surface area contributed by atoms with E-state index in [1.165, 1.54) is 25.7 Å². The third kappa shape index (κ3) is 8.09. The van der Waals surface area contributed by atoms with Crippen LogP contribution in [0.1, 0.15) is 80.5 Å². The van der Waals surface area contributed by atoms with Crippen LogP contribution in [0.3, 0.4) is 0 Å². The number of aromatic nitrogens is 2. The average molecular weight is 639 g/mol. The van der Waals surface area contributed by atoms with Crippen molar-refractivity contribution in [3.8, 4) is 11.4 Å². The SMILES string of the molecule is Cc1cc(C(=O)Cc2cccc(C(NCC3CC3)c3ccc(OCc4ccccc4)cc3)c2)n(-c2cccc(C(=O)NCC3CC3)c2)n1. The Kier molecular flexibility index (Phi) is 9.48. The summed E-state index contributed by atoms with van der Waals surface area (Å²) < 4.78 is 7.71. The van der Waals surface area contributed by atoms with Crippen molar-refractivity contribution in [3.05, 3.63) is 148 Å². The van der Waals surface area contributed by atoms with Gasteiger partial charge in [-0.05, 0) is 110 Å². The number of amides is 1. The first kappa shape index (κ1) is 31.6. The summed E-state index contributed by atoms with van der Waals surface area (Å²) in [6, 6.07) is 36.0. The van der Waals surface area contributed by atoms with Gasteiger partial charge in [-0.3, -0.25) is 9.59 Å². The number of hydrogen-bond acceptors (Lipinski definition) is 5. The number of nitrogens with one attached hydrogen (secondary N) is 2. The molecule has 0 aliphatic heterocycles. The summed E-state index contributed by atoms with van der Waals surface area (Å²) in [5.41, 5.74) is 6.86. The van der Waals surface area contributed by atoms with E-state index in [0.29, 0.717) is 36.0 Å². The minimum atomic E-state index is -0.100. The van der Waals surface area contributed by atoms with Gasteiger partial charge in [0, 0.05) is 18.5 Å². The van der Waals surface area contributed by atoms with Gasteiger partial charge < -0.3 is 15.4 Å². The maximum Gasteiger partial charge on any atom is 0.251 e. The fourth-order valence-electron chi connectivity index (χ4n) is 6.03. The Balaban J connectivity index is 1.07. The number of ether oxygens (including phenoxy) is 1. The van der Waals surface area contributed by atoms with Crippen LogP contribution >= 0.6 is 0 Å². The molecule has 2 saturated carbocycles. The first-order valence-corrected chi connectivity index (χ1v) is 17.1. The molecule has 2 fully saturated rings. The van der Waals surface area contributed by atoms with Gasteiger partial charge in [0.25, 0.3) is 5.91 Å². The molecular weight excluding hydrogens is 596 g/mol. The Hall–Kier alpha value is -5.01. The van der Waals surface area contributed by atoms with Crippen molar-refractivity contribution in [1.82, 2.24) is 20.4 Å². The number of aryl methyl sites for hydroxylation is 1. The van der Waals surface area contributed by atoms with Gasteiger partial charge in [0.05, 0.1) is 17.4 Å². The zero-order chi connectivity index (χ0) is 32.9. The van der Waals surface area contributed by atoms with E-state index in [-0.39, 0.29) is 24.2 Å². The van der Waals surface area contributed by atoms with Gasteiger partial charge in [0.1, 0.15) is 18.1 Å². The number of hydrogen-bond donors (Lipinski definition) is 2.